The van der Waals surface area contributed by atoms with Crippen LogP contribution >= 0.6 is 0 Å². The van der Waals surface area contributed by atoms with E-state index in [0.29, 0.717) is 5.69 Å². The minimum absolute atomic E-state index is 0.0473. The number of benzene rings is 3. The third-order valence-electron chi connectivity index (χ3n) is 4.50. The lowest BCUT2D eigenvalue weighted by atomic mass is 10.1. The summed E-state index contributed by atoms with van der Waals surface area (Å²) >= 11 is 0. The largest absolute Gasteiger partial charge is 0.269 e. The summed E-state index contributed by atoms with van der Waals surface area (Å²) in [6, 6.07) is 24.1. The van der Waals surface area contributed by atoms with Crippen molar-refractivity contribution in [3.05, 3.63) is 106 Å². The summed E-state index contributed by atoms with van der Waals surface area (Å²) in [5.41, 5.74) is 5.31. The molecule has 0 radical (unpaired) electrons. The second kappa shape index (κ2) is 7.90. The molecule has 0 atom stereocenters. The van der Waals surface area contributed by atoms with Gasteiger partial charge in [-0.3, -0.25) is 15.1 Å². The number of rotatable bonds is 5. The van der Waals surface area contributed by atoms with Crippen molar-refractivity contribution in [3.63, 3.8) is 0 Å². The van der Waals surface area contributed by atoms with E-state index in [0.717, 1.165) is 22.5 Å². The Bertz CT molecular complexity index is 1160. The van der Waals surface area contributed by atoms with Crippen LogP contribution in [0.2, 0.25) is 0 Å². The number of aromatic nitrogens is 2. The third kappa shape index (κ3) is 4.11. The SMILES string of the molecule is Cc1ccc(N=Cc2cn(-c3ccccc3)nc2-c2ccc([N+](=O)[O-])cc2)cc1. The molecule has 0 saturated carbocycles. The first-order chi connectivity index (χ1) is 14.1. The predicted octanol–water partition coefficient (Wildman–Crippen LogP) is 5.51. The van der Waals surface area contributed by atoms with Crippen molar-refractivity contribution in [1.29, 1.82) is 0 Å². The van der Waals surface area contributed by atoms with Gasteiger partial charge >= 0.3 is 0 Å². The molecule has 0 unspecified atom stereocenters. The van der Waals surface area contributed by atoms with Gasteiger partial charge in [-0.1, -0.05) is 35.9 Å². The van der Waals surface area contributed by atoms with Gasteiger partial charge in [0, 0.05) is 35.7 Å². The van der Waals surface area contributed by atoms with Crippen LogP contribution < -0.4 is 0 Å². The molecular weight excluding hydrogens is 364 g/mol. The molecule has 0 aliphatic heterocycles. The summed E-state index contributed by atoms with van der Waals surface area (Å²) in [4.78, 5) is 15.1. The molecule has 0 N–H and O–H groups in total. The van der Waals surface area contributed by atoms with E-state index in [1.165, 1.54) is 17.7 Å². The second-order valence-corrected chi connectivity index (χ2v) is 6.61. The summed E-state index contributed by atoms with van der Waals surface area (Å²) in [5, 5.41) is 15.7. The highest BCUT2D eigenvalue weighted by molar-refractivity contribution is 5.90. The van der Waals surface area contributed by atoms with E-state index in [4.69, 9.17) is 5.10 Å². The molecule has 1 aromatic heterocycles. The molecule has 6 heteroatoms. The summed E-state index contributed by atoms with van der Waals surface area (Å²) in [7, 11) is 0. The van der Waals surface area contributed by atoms with Crippen LogP contribution in [0.15, 0.2) is 90.1 Å². The Hall–Kier alpha value is -4.06. The summed E-state index contributed by atoms with van der Waals surface area (Å²) < 4.78 is 1.78. The van der Waals surface area contributed by atoms with E-state index >= 15 is 0 Å². The average Bonchev–Trinajstić information content (AvgIpc) is 3.18. The van der Waals surface area contributed by atoms with E-state index < -0.39 is 4.92 Å². The second-order valence-electron chi connectivity index (χ2n) is 6.61. The van der Waals surface area contributed by atoms with Crippen molar-refractivity contribution in [3.8, 4) is 16.9 Å². The third-order valence-corrected chi connectivity index (χ3v) is 4.50. The Morgan fingerprint density at radius 2 is 1.66 bits per heavy atom. The Morgan fingerprint density at radius 1 is 0.966 bits per heavy atom. The maximum atomic E-state index is 11.0. The topological polar surface area (TPSA) is 73.3 Å². The van der Waals surface area contributed by atoms with Crippen LogP contribution in [0.4, 0.5) is 11.4 Å². The lowest BCUT2D eigenvalue weighted by Gasteiger charge is -2.00. The Kier molecular flexibility index (Phi) is 4.99. The molecule has 0 spiro atoms. The van der Waals surface area contributed by atoms with Crippen molar-refractivity contribution < 1.29 is 4.92 Å². The predicted molar refractivity (Wildman–Crippen MR) is 114 cm³/mol. The van der Waals surface area contributed by atoms with Crippen LogP contribution in [0, 0.1) is 17.0 Å². The molecule has 4 rings (SSSR count). The fraction of sp³-hybridized carbons (Fsp3) is 0.0435. The minimum atomic E-state index is -0.411. The number of para-hydroxylation sites is 1. The molecule has 1 heterocycles. The van der Waals surface area contributed by atoms with Crippen molar-refractivity contribution >= 4 is 17.6 Å². The highest BCUT2D eigenvalue weighted by Crippen LogP contribution is 2.25. The lowest BCUT2D eigenvalue weighted by molar-refractivity contribution is -0.384. The Balaban J connectivity index is 1.76. The molecule has 6 nitrogen and oxygen atoms in total. The van der Waals surface area contributed by atoms with E-state index in [1.54, 1.807) is 23.0 Å². The van der Waals surface area contributed by atoms with Crippen LogP contribution in [-0.2, 0) is 0 Å². The first-order valence-electron chi connectivity index (χ1n) is 9.11. The molecular formula is C23H18N4O2. The fourth-order valence-electron chi connectivity index (χ4n) is 2.94. The molecule has 0 fully saturated rings. The first kappa shape index (κ1) is 18.3. The quantitative estimate of drug-likeness (QED) is 0.260. The van der Waals surface area contributed by atoms with Gasteiger partial charge in [0.1, 0.15) is 5.69 Å². The summed E-state index contributed by atoms with van der Waals surface area (Å²) in [6.45, 7) is 2.03. The van der Waals surface area contributed by atoms with Gasteiger partial charge in [0.2, 0.25) is 0 Å². The lowest BCUT2D eigenvalue weighted by Crippen LogP contribution is -1.94. The number of aliphatic imine (C=N–C) groups is 1. The van der Waals surface area contributed by atoms with E-state index in [9.17, 15) is 10.1 Å². The van der Waals surface area contributed by atoms with Gasteiger partial charge in [-0.25, -0.2) is 4.68 Å². The summed E-state index contributed by atoms with van der Waals surface area (Å²) in [5.74, 6) is 0. The van der Waals surface area contributed by atoms with Crippen LogP contribution in [0.25, 0.3) is 16.9 Å². The number of nitro groups is 1. The molecule has 3 aromatic carbocycles. The molecule has 0 amide bonds. The van der Waals surface area contributed by atoms with Crippen molar-refractivity contribution in [2.45, 2.75) is 6.92 Å². The molecule has 0 bridgehead atoms. The molecule has 142 valence electrons. The number of nitro benzene ring substituents is 1. The van der Waals surface area contributed by atoms with Crippen LogP contribution in [0.1, 0.15) is 11.1 Å². The van der Waals surface area contributed by atoms with Crippen molar-refractivity contribution in [2.24, 2.45) is 4.99 Å². The zero-order valence-corrected chi connectivity index (χ0v) is 15.8. The maximum Gasteiger partial charge on any atom is 0.269 e. The summed E-state index contributed by atoms with van der Waals surface area (Å²) in [6.07, 6.45) is 3.68. The molecule has 0 aliphatic carbocycles. The zero-order chi connectivity index (χ0) is 20.2. The molecule has 0 saturated heterocycles. The van der Waals surface area contributed by atoms with Crippen LogP contribution in [0.3, 0.4) is 0 Å². The fourth-order valence-corrected chi connectivity index (χ4v) is 2.94. The Morgan fingerprint density at radius 3 is 2.31 bits per heavy atom. The number of hydrogen-bond acceptors (Lipinski definition) is 4. The van der Waals surface area contributed by atoms with Crippen molar-refractivity contribution in [1.82, 2.24) is 9.78 Å². The van der Waals surface area contributed by atoms with Gasteiger partial charge in [-0.05, 0) is 43.3 Å². The van der Waals surface area contributed by atoms with E-state index in [1.807, 2.05) is 67.7 Å². The number of aryl methyl sites for hydroxylation is 1. The monoisotopic (exact) mass is 382 g/mol. The highest BCUT2D eigenvalue weighted by atomic mass is 16.6. The van der Waals surface area contributed by atoms with Gasteiger partial charge in [0.15, 0.2) is 0 Å². The standard InChI is InChI=1S/C23H18N4O2/c1-17-7-11-20(12-8-17)24-15-19-16-26(21-5-3-2-4-6-21)25-23(19)18-9-13-22(14-10-18)27(28)29/h2-16H,1H3. The van der Waals surface area contributed by atoms with Gasteiger partial charge in [0.05, 0.1) is 16.3 Å². The highest BCUT2D eigenvalue weighted by Gasteiger charge is 2.13. The number of nitrogens with zero attached hydrogens (tertiary/aromatic N) is 4. The minimum Gasteiger partial charge on any atom is -0.258 e. The van der Waals surface area contributed by atoms with Gasteiger partial charge in [0.25, 0.3) is 5.69 Å². The number of non-ortho nitro benzene ring substituents is 1. The zero-order valence-electron chi connectivity index (χ0n) is 15.8. The molecule has 0 aliphatic rings. The Labute approximate surface area is 167 Å². The van der Waals surface area contributed by atoms with E-state index in [-0.39, 0.29) is 5.69 Å². The van der Waals surface area contributed by atoms with Gasteiger partial charge in [-0.15, -0.1) is 0 Å². The average molecular weight is 382 g/mol. The first-order valence-corrected chi connectivity index (χ1v) is 9.11. The van der Waals surface area contributed by atoms with Crippen LogP contribution in [-0.4, -0.2) is 20.9 Å². The maximum absolute atomic E-state index is 11.0. The van der Waals surface area contributed by atoms with Crippen LogP contribution in [0.5, 0.6) is 0 Å². The van der Waals surface area contributed by atoms with E-state index in [2.05, 4.69) is 4.99 Å². The van der Waals surface area contributed by atoms with Crippen molar-refractivity contribution in [2.75, 3.05) is 0 Å². The number of hydrogen-bond donors (Lipinski definition) is 0. The normalized spacial score (nSPS) is 11.1. The molecule has 29 heavy (non-hydrogen) atoms. The van der Waals surface area contributed by atoms with Gasteiger partial charge < -0.3 is 0 Å². The molecule has 4 aromatic rings. The smallest absolute Gasteiger partial charge is 0.258 e. The van der Waals surface area contributed by atoms with Gasteiger partial charge in [-0.2, -0.15) is 5.10 Å².